The van der Waals surface area contributed by atoms with Crippen LogP contribution in [0.2, 0.25) is 0 Å². The summed E-state index contributed by atoms with van der Waals surface area (Å²) in [6.45, 7) is 6.06. The van der Waals surface area contributed by atoms with Crippen LogP contribution < -0.4 is 5.73 Å². The van der Waals surface area contributed by atoms with E-state index in [1.165, 1.54) is 11.8 Å². The van der Waals surface area contributed by atoms with Crippen LogP contribution in [0.4, 0.5) is 0 Å². The van der Waals surface area contributed by atoms with Crippen LogP contribution in [0.1, 0.15) is 19.8 Å². The average Bonchev–Trinajstić information content (AvgIpc) is 2.55. The maximum Gasteiger partial charge on any atom is 0.232 e. The number of carbonyl (C=O) groups excluding carboxylic acids is 2. The summed E-state index contributed by atoms with van der Waals surface area (Å²) in [7, 11) is 0. The predicted molar refractivity (Wildman–Crippen MR) is 87.7 cm³/mol. The van der Waals surface area contributed by atoms with Gasteiger partial charge in [0.2, 0.25) is 11.8 Å². The van der Waals surface area contributed by atoms with E-state index >= 15 is 0 Å². The van der Waals surface area contributed by atoms with Crippen molar-refractivity contribution in [1.29, 1.82) is 0 Å². The van der Waals surface area contributed by atoms with E-state index in [2.05, 4.69) is 6.92 Å². The third-order valence-electron chi connectivity index (χ3n) is 4.39. The van der Waals surface area contributed by atoms with Gasteiger partial charge in [0, 0.05) is 32.2 Å². The number of hydrogen-bond donors (Lipinski definition) is 1. The summed E-state index contributed by atoms with van der Waals surface area (Å²) in [6.07, 6.45) is 2.03. The summed E-state index contributed by atoms with van der Waals surface area (Å²) in [6, 6.07) is 0.159. The molecule has 22 heavy (non-hydrogen) atoms. The van der Waals surface area contributed by atoms with E-state index in [1.807, 2.05) is 9.80 Å². The van der Waals surface area contributed by atoms with E-state index < -0.39 is 0 Å². The average molecular weight is 329 g/mol. The number of piperidine rings is 1. The van der Waals surface area contributed by atoms with Gasteiger partial charge >= 0.3 is 0 Å². The minimum absolute atomic E-state index is 0.101. The number of likely N-dealkylation sites (tertiary alicyclic amines) is 1. The minimum atomic E-state index is 0.101. The van der Waals surface area contributed by atoms with Gasteiger partial charge in [0.15, 0.2) is 0 Å². The summed E-state index contributed by atoms with van der Waals surface area (Å²) in [4.78, 5) is 28.1. The topological polar surface area (TPSA) is 75.9 Å². The highest BCUT2D eigenvalue weighted by molar-refractivity contribution is 8.00. The SMILES string of the molecule is CC1CCN(C(=O)CSCC(=O)N2CCOCC2)C(CN)C1. The van der Waals surface area contributed by atoms with Crippen molar-refractivity contribution in [3.63, 3.8) is 0 Å². The third-order valence-corrected chi connectivity index (χ3v) is 5.29. The van der Waals surface area contributed by atoms with Gasteiger partial charge < -0.3 is 20.3 Å². The van der Waals surface area contributed by atoms with Crippen molar-refractivity contribution in [3.05, 3.63) is 0 Å². The van der Waals surface area contributed by atoms with E-state index in [1.54, 1.807) is 0 Å². The maximum absolute atomic E-state index is 12.3. The number of amides is 2. The van der Waals surface area contributed by atoms with Crippen LogP contribution in [-0.4, -0.2) is 78.6 Å². The summed E-state index contributed by atoms with van der Waals surface area (Å²) in [5.74, 6) is 1.57. The number of thioether (sulfide) groups is 1. The Bertz CT molecular complexity index is 388. The van der Waals surface area contributed by atoms with Crippen molar-refractivity contribution >= 4 is 23.6 Å². The molecule has 0 aromatic rings. The van der Waals surface area contributed by atoms with E-state index in [-0.39, 0.29) is 17.9 Å². The highest BCUT2D eigenvalue weighted by Gasteiger charge is 2.28. The predicted octanol–water partition coefficient (Wildman–Crippen LogP) is 0.164. The van der Waals surface area contributed by atoms with Crippen LogP contribution >= 0.6 is 11.8 Å². The Morgan fingerprint density at radius 1 is 1.18 bits per heavy atom. The molecule has 0 saturated carbocycles. The van der Waals surface area contributed by atoms with Crippen LogP contribution in [0, 0.1) is 5.92 Å². The fourth-order valence-electron chi connectivity index (χ4n) is 3.02. The Balaban J connectivity index is 1.71. The van der Waals surface area contributed by atoms with Gasteiger partial charge in [-0.15, -0.1) is 11.8 Å². The number of carbonyl (C=O) groups is 2. The zero-order chi connectivity index (χ0) is 15.9. The smallest absolute Gasteiger partial charge is 0.232 e. The number of nitrogens with zero attached hydrogens (tertiary/aromatic N) is 2. The molecule has 2 fully saturated rings. The monoisotopic (exact) mass is 329 g/mol. The van der Waals surface area contributed by atoms with Gasteiger partial charge in [-0.3, -0.25) is 9.59 Å². The van der Waals surface area contributed by atoms with Crippen molar-refractivity contribution in [2.75, 3.05) is 50.9 Å². The molecule has 2 amide bonds. The number of rotatable bonds is 5. The van der Waals surface area contributed by atoms with Crippen molar-refractivity contribution in [1.82, 2.24) is 9.80 Å². The Labute approximate surface area is 136 Å². The zero-order valence-corrected chi connectivity index (χ0v) is 14.1. The highest BCUT2D eigenvalue weighted by Crippen LogP contribution is 2.22. The summed E-state index contributed by atoms with van der Waals surface area (Å²) in [5, 5.41) is 0. The van der Waals surface area contributed by atoms with Crippen molar-refractivity contribution in [2.45, 2.75) is 25.8 Å². The van der Waals surface area contributed by atoms with Crippen molar-refractivity contribution in [2.24, 2.45) is 11.7 Å². The normalized spacial score (nSPS) is 26.1. The molecule has 2 aliphatic heterocycles. The molecule has 2 atom stereocenters. The third kappa shape index (κ3) is 4.86. The Kier molecular flexibility index (Phi) is 6.98. The van der Waals surface area contributed by atoms with Crippen LogP contribution in [0.15, 0.2) is 0 Å². The second-order valence-electron chi connectivity index (χ2n) is 6.09. The number of hydrogen-bond acceptors (Lipinski definition) is 5. The molecule has 2 unspecified atom stereocenters. The first kappa shape index (κ1) is 17.6. The first-order chi connectivity index (χ1) is 10.6. The number of nitrogens with two attached hydrogens (primary N) is 1. The number of ether oxygens (including phenoxy) is 1. The van der Waals surface area contributed by atoms with Crippen molar-refractivity contribution in [3.8, 4) is 0 Å². The minimum Gasteiger partial charge on any atom is -0.378 e. The lowest BCUT2D eigenvalue weighted by Crippen LogP contribution is -2.50. The van der Waals surface area contributed by atoms with E-state index in [4.69, 9.17) is 10.5 Å². The lowest BCUT2D eigenvalue weighted by molar-refractivity contribution is -0.132. The van der Waals surface area contributed by atoms with Gasteiger partial charge in [-0.1, -0.05) is 6.92 Å². The van der Waals surface area contributed by atoms with Gasteiger partial charge in [0.05, 0.1) is 24.7 Å². The quantitative estimate of drug-likeness (QED) is 0.778. The van der Waals surface area contributed by atoms with Gasteiger partial charge in [0.25, 0.3) is 0 Å². The fourth-order valence-corrected chi connectivity index (χ4v) is 3.82. The second kappa shape index (κ2) is 8.74. The molecule has 0 radical (unpaired) electrons. The first-order valence-electron chi connectivity index (χ1n) is 8.04. The second-order valence-corrected chi connectivity index (χ2v) is 7.08. The van der Waals surface area contributed by atoms with Crippen LogP contribution in [0.5, 0.6) is 0 Å². The molecule has 2 saturated heterocycles. The first-order valence-corrected chi connectivity index (χ1v) is 9.20. The summed E-state index contributed by atoms with van der Waals surface area (Å²) >= 11 is 1.41. The van der Waals surface area contributed by atoms with E-state index in [9.17, 15) is 9.59 Å². The molecular weight excluding hydrogens is 302 g/mol. The lowest BCUT2D eigenvalue weighted by atomic mass is 9.92. The molecule has 126 valence electrons. The Morgan fingerprint density at radius 2 is 1.86 bits per heavy atom. The highest BCUT2D eigenvalue weighted by atomic mass is 32.2. The molecule has 2 rings (SSSR count). The molecule has 2 heterocycles. The van der Waals surface area contributed by atoms with Gasteiger partial charge in [-0.2, -0.15) is 0 Å². The number of morpholine rings is 1. The van der Waals surface area contributed by atoms with Gasteiger partial charge in [-0.05, 0) is 18.8 Å². The van der Waals surface area contributed by atoms with Crippen LogP contribution in [-0.2, 0) is 14.3 Å². The fraction of sp³-hybridized carbons (Fsp3) is 0.867. The molecular formula is C15H27N3O3S. The molecule has 0 aliphatic carbocycles. The maximum atomic E-state index is 12.3. The largest absolute Gasteiger partial charge is 0.378 e. The van der Waals surface area contributed by atoms with Gasteiger partial charge in [0.1, 0.15) is 0 Å². The molecule has 0 bridgehead atoms. The molecule has 6 nitrogen and oxygen atoms in total. The van der Waals surface area contributed by atoms with E-state index in [0.29, 0.717) is 50.3 Å². The van der Waals surface area contributed by atoms with E-state index in [0.717, 1.165) is 19.4 Å². The molecule has 2 aliphatic rings. The molecule has 0 spiro atoms. The van der Waals surface area contributed by atoms with Crippen molar-refractivity contribution < 1.29 is 14.3 Å². The standard InChI is InChI=1S/C15H27N3O3S/c1-12-2-3-18(13(8-12)9-16)15(20)11-22-10-14(19)17-4-6-21-7-5-17/h12-13H,2-11,16H2,1H3. The van der Waals surface area contributed by atoms with Gasteiger partial charge in [-0.25, -0.2) is 0 Å². The molecule has 0 aromatic heterocycles. The summed E-state index contributed by atoms with van der Waals surface area (Å²) < 4.78 is 5.23. The Morgan fingerprint density at radius 3 is 2.55 bits per heavy atom. The molecule has 2 N–H and O–H groups in total. The zero-order valence-electron chi connectivity index (χ0n) is 13.3. The molecule has 0 aromatic carbocycles. The Hall–Kier alpha value is -0.790. The lowest BCUT2D eigenvalue weighted by Gasteiger charge is -2.38. The van der Waals surface area contributed by atoms with Crippen LogP contribution in [0.3, 0.4) is 0 Å². The summed E-state index contributed by atoms with van der Waals surface area (Å²) in [5.41, 5.74) is 5.79. The molecule has 7 heteroatoms. The van der Waals surface area contributed by atoms with Crippen LogP contribution in [0.25, 0.3) is 0 Å².